The van der Waals surface area contributed by atoms with Gasteiger partial charge in [-0.3, -0.25) is 0 Å². The van der Waals surface area contributed by atoms with Gasteiger partial charge in [-0.05, 0) is 25.3 Å². The second-order valence-electron chi connectivity index (χ2n) is 4.56. The van der Waals surface area contributed by atoms with Gasteiger partial charge >= 0.3 is 0 Å². The Morgan fingerprint density at radius 2 is 2.11 bits per heavy atom. The Kier molecular flexibility index (Phi) is 5.51. The van der Waals surface area contributed by atoms with Gasteiger partial charge in [0.15, 0.2) is 0 Å². The zero-order valence-electron chi connectivity index (χ0n) is 11.2. The maximum absolute atomic E-state index is 9.01. The highest BCUT2D eigenvalue weighted by atomic mass is 32.1. The summed E-state index contributed by atoms with van der Waals surface area (Å²) in [5, 5.41) is 13.7. The Labute approximate surface area is 118 Å². The van der Waals surface area contributed by atoms with Crippen LogP contribution in [0.25, 0.3) is 0 Å². The molecule has 0 bridgehead atoms. The normalized spacial score (nSPS) is 12.5. The molecule has 102 valence electrons. The fourth-order valence-corrected chi connectivity index (χ4v) is 2.82. The van der Waals surface area contributed by atoms with Crippen molar-refractivity contribution in [3.05, 3.63) is 52.0 Å². The van der Waals surface area contributed by atoms with E-state index in [1.807, 2.05) is 19.2 Å². The molecule has 0 aliphatic carbocycles. The number of aliphatic hydroxyl groups is 1. The van der Waals surface area contributed by atoms with E-state index in [1.54, 1.807) is 11.3 Å². The molecule has 3 nitrogen and oxygen atoms in total. The molecule has 0 radical (unpaired) electrons. The van der Waals surface area contributed by atoms with E-state index in [1.165, 1.54) is 10.4 Å². The summed E-state index contributed by atoms with van der Waals surface area (Å²) < 4.78 is 0. The summed E-state index contributed by atoms with van der Waals surface area (Å²) in [7, 11) is 0. The van der Waals surface area contributed by atoms with E-state index in [4.69, 9.17) is 5.11 Å². The van der Waals surface area contributed by atoms with Crippen molar-refractivity contribution in [3.8, 4) is 0 Å². The summed E-state index contributed by atoms with van der Waals surface area (Å²) >= 11 is 1.73. The molecule has 0 aliphatic heterocycles. The van der Waals surface area contributed by atoms with Crippen molar-refractivity contribution in [1.82, 2.24) is 10.3 Å². The van der Waals surface area contributed by atoms with Crippen molar-refractivity contribution in [2.24, 2.45) is 0 Å². The Balaban J connectivity index is 1.97. The van der Waals surface area contributed by atoms with Crippen LogP contribution in [0.1, 0.15) is 34.3 Å². The Morgan fingerprint density at radius 3 is 2.74 bits per heavy atom. The van der Waals surface area contributed by atoms with Crippen molar-refractivity contribution in [2.45, 2.75) is 32.4 Å². The predicted octanol–water partition coefficient (Wildman–Crippen LogP) is 3.05. The molecule has 0 saturated carbocycles. The van der Waals surface area contributed by atoms with Crippen molar-refractivity contribution in [1.29, 1.82) is 0 Å². The third-order valence-electron chi connectivity index (χ3n) is 3.04. The lowest BCUT2D eigenvalue weighted by Gasteiger charge is -2.18. The first-order chi connectivity index (χ1) is 9.29. The third-order valence-corrected chi connectivity index (χ3v) is 3.96. The molecule has 2 rings (SSSR count). The number of thiazole rings is 1. The van der Waals surface area contributed by atoms with Crippen LogP contribution in [-0.4, -0.2) is 16.7 Å². The number of nitrogens with zero attached hydrogens (tertiary/aromatic N) is 1. The first-order valence-corrected chi connectivity index (χ1v) is 7.41. The molecule has 1 heterocycles. The van der Waals surface area contributed by atoms with Crippen molar-refractivity contribution >= 4 is 11.3 Å². The van der Waals surface area contributed by atoms with E-state index in [0.29, 0.717) is 0 Å². The van der Waals surface area contributed by atoms with Crippen molar-refractivity contribution in [3.63, 3.8) is 0 Å². The van der Waals surface area contributed by atoms with E-state index in [2.05, 4.69) is 34.6 Å². The number of hydrogen-bond acceptors (Lipinski definition) is 4. The second-order valence-corrected chi connectivity index (χ2v) is 5.87. The molecular weight excluding hydrogens is 256 g/mol. The molecule has 4 heteroatoms. The van der Waals surface area contributed by atoms with Gasteiger partial charge in [-0.2, -0.15) is 0 Å². The molecule has 0 amide bonds. The maximum atomic E-state index is 9.01. The maximum Gasteiger partial charge on any atom is 0.0897 e. The van der Waals surface area contributed by atoms with E-state index in [9.17, 15) is 0 Å². The standard InChI is InChI=1S/C15H20N2OS/c1-12-16-10-14(19-12)11-17-15(8-5-9-18)13-6-3-2-4-7-13/h2-4,6-7,10,15,17-18H,5,8-9,11H2,1H3. The van der Waals surface area contributed by atoms with Crippen LogP contribution in [-0.2, 0) is 6.54 Å². The largest absolute Gasteiger partial charge is 0.396 e. The smallest absolute Gasteiger partial charge is 0.0897 e. The van der Waals surface area contributed by atoms with Crippen LogP contribution in [0, 0.1) is 6.92 Å². The zero-order chi connectivity index (χ0) is 13.5. The molecule has 0 aliphatic rings. The molecule has 0 spiro atoms. The first-order valence-electron chi connectivity index (χ1n) is 6.60. The van der Waals surface area contributed by atoms with Gasteiger partial charge in [0.25, 0.3) is 0 Å². The van der Waals surface area contributed by atoms with Crippen molar-refractivity contribution in [2.75, 3.05) is 6.61 Å². The van der Waals surface area contributed by atoms with Crippen molar-refractivity contribution < 1.29 is 5.11 Å². The summed E-state index contributed by atoms with van der Waals surface area (Å²) in [6.45, 7) is 3.09. The summed E-state index contributed by atoms with van der Waals surface area (Å²) in [5.41, 5.74) is 1.28. The SMILES string of the molecule is Cc1ncc(CNC(CCCO)c2ccccc2)s1. The Bertz CT molecular complexity index is 484. The van der Waals surface area contributed by atoms with Gasteiger partial charge < -0.3 is 10.4 Å². The van der Waals surface area contributed by atoms with Gasteiger partial charge in [0.05, 0.1) is 5.01 Å². The van der Waals surface area contributed by atoms with Crippen LogP contribution in [0.2, 0.25) is 0 Å². The Hall–Kier alpha value is -1.23. The van der Waals surface area contributed by atoms with Crippen LogP contribution in [0.3, 0.4) is 0 Å². The fourth-order valence-electron chi connectivity index (χ4n) is 2.08. The zero-order valence-corrected chi connectivity index (χ0v) is 12.0. The molecule has 1 atom stereocenters. The number of hydrogen-bond donors (Lipinski definition) is 2. The van der Waals surface area contributed by atoms with Crippen LogP contribution < -0.4 is 5.32 Å². The number of nitrogens with one attached hydrogen (secondary N) is 1. The van der Waals surface area contributed by atoms with Crippen LogP contribution in [0.4, 0.5) is 0 Å². The monoisotopic (exact) mass is 276 g/mol. The van der Waals surface area contributed by atoms with E-state index >= 15 is 0 Å². The molecule has 1 aromatic heterocycles. The third kappa shape index (κ3) is 4.42. The van der Waals surface area contributed by atoms with Gasteiger partial charge in [-0.15, -0.1) is 11.3 Å². The minimum absolute atomic E-state index is 0.241. The van der Waals surface area contributed by atoms with Gasteiger partial charge in [0, 0.05) is 30.3 Å². The highest BCUT2D eigenvalue weighted by Gasteiger charge is 2.10. The molecule has 2 N–H and O–H groups in total. The number of aliphatic hydroxyl groups excluding tert-OH is 1. The van der Waals surface area contributed by atoms with Gasteiger partial charge in [-0.1, -0.05) is 30.3 Å². The summed E-state index contributed by atoms with van der Waals surface area (Å²) in [5.74, 6) is 0. The average Bonchev–Trinajstić information content (AvgIpc) is 2.86. The van der Waals surface area contributed by atoms with E-state index < -0.39 is 0 Å². The Morgan fingerprint density at radius 1 is 1.32 bits per heavy atom. The molecule has 0 fully saturated rings. The average molecular weight is 276 g/mol. The second kappa shape index (κ2) is 7.38. The molecule has 1 unspecified atom stereocenters. The van der Waals surface area contributed by atoms with Gasteiger partial charge in [0.2, 0.25) is 0 Å². The highest BCUT2D eigenvalue weighted by molar-refractivity contribution is 7.11. The van der Waals surface area contributed by atoms with Crippen LogP contribution in [0.15, 0.2) is 36.5 Å². The van der Waals surface area contributed by atoms with E-state index in [-0.39, 0.29) is 12.6 Å². The van der Waals surface area contributed by atoms with Crippen LogP contribution >= 0.6 is 11.3 Å². The van der Waals surface area contributed by atoms with Crippen LogP contribution in [0.5, 0.6) is 0 Å². The number of rotatable bonds is 7. The molecule has 0 saturated heterocycles. The quantitative estimate of drug-likeness (QED) is 0.817. The van der Waals surface area contributed by atoms with E-state index in [0.717, 1.165) is 24.4 Å². The summed E-state index contributed by atoms with van der Waals surface area (Å²) in [6, 6.07) is 10.7. The predicted molar refractivity (Wildman–Crippen MR) is 79.2 cm³/mol. The molecule has 1 aromatic carbocycles. The minimum atomic E-state index is 0.241. The highest BCUT2D eigenvalue weighted by Crippen LogP contribution is 2.20. The minimum Gasteiger partial charge on any atom is -0.396 e. The summed E-state index contributed by atoms with van der Waals surface area (Å²) in [4.78, 5) is 5.52. The number of aryl methyl sites for hydroxylation is 1. The summed E-state index contributed by atoms with van der Waals surface area (Å²) in [6.07, 6.45) is 3.69. The number of benzene rings is 1. The molecule has 19 heavy (non-hydrogen) atoms. The first kappa shape index (κ1) is 14.2. The lowest BCUT2D eigenvalue weighted by Crippen LogP contribution is -2.20. The van der Waals surface area contributed by atoms with Gasteiger partial charge in [-0.25, -0.2) is 4.98 Å². The topological polar surface area (TPSA) is 45.2 Å². The lowest BCUT2D eigenvalue weighted by molar-refractivity contribution is 0.275. The van der Waals surface area contributed by atoms with Gasteiger partial charge in [0.1, 0.15) is 0 Å². The lowest BCUT2D eigenvalue weighted by atomic mass is 10.0. The fraction of sp³-hybridized carbons (Fsp3) is 0.400. The number of aromatic nitrogens is 1. The molecular formula is C15H20N2OS. The molecule has 2 aromatic rings.